The molecule has 11 aromatic carbocycles. The smallest absolute Gasteiger partial charge is 0.252 e. The molecule has 13 rings (SSSR count). The summed E-state index contributed by atoms with van der Waals surface area (Å²) in [6.45, 7) is 28.1. The lowest BCUT2D eigenvalue weighted by Gasteiger charge is -2.45. The van der Waals surface area contributed by atoms with Crippen LogP contribution >= 0.6 is 0 Å². The minimum atomic E-state index is -0.0660. The van der Waals surface area contributed by atoms with Crippen molar-refractivity contribution in [3.05, 3.63) is 247 Å². The highest BCUT2D eigenvalue weighted by atomic mass is 15.2. The number of anilines is 6. The highest BCUT2D eigenvalue weighted by Gasteiger charge is 2.44. The molecule has 2 aliphatic heterocycles. The van der Waals surface area contributed by atoms with E-state index in [-0.39, 0.29) is 28.4 Å². The third-order valence-electron chi connectivity index (χ3n) is 17.4. The maximum atomic E-state index is 2.57. The molecule has 0 aromatic heterocycles. The van der Waals surface area contributed by atoms with Gasteiger partial charge in [-0.2, -0.15) is 0 Å². The summed E-state index contributed by atoms with van der Waals surface area (Å²) < 4.78 is 0. The maximum Gasteiger partial charge on any atom is 0.252 e. The minimum absolute atomic E-state index is 0.0303. The van der Waals surface area contributed by atoms with Crippen LogP contribution in [0.15, 0.2) is 224 Å². The summed E-state index contributed by atoms with van der Waals surface area (Å²) in [6, 6.07) is 85.9. The van der Waals surface area contributed by atoms with E-state index in [0.29, 0.717) is 0 Å². The van der Waals surface area contributed by atoms with E-state index >= 15 is 0 Å². The van der Waals surface area contributed by atoms with Crippen molar-refractivity contribution in [3.8, 4) is 44.5 Å². The van der Waals surface area contributed by atoms with Crippen molar-refractivity contribution in [2.45, 2.75) is 105 Å². The van der Waals surface area contributed by atoms with Gasteiger partial charge in [-0.1, -0.05) is 241 Å². The molecule has 0 unspecified atom stereocenters. The van der Waals surface area contributed by atoms with Crippen LogP contribution < -0.4 is 26.2 Å². The Morgan fingerprint density at radius 3 is 0.988 bits per heavy atom. The van der Waals surface area contributed by atoms with E-state index in [0.717, 1.165) is 16.9 Å². The zero-order valence-corrected chi connectivity index (χ0v) is 49.3. The summed E-state index contributed by atoms with van der Waals surface area (Å²) in [7, 11) is 0. The van der Waals surface area contributed by atoms with Crippen molar-refractivity contribution in [2.24, 2.45) is 0 Å². The van der Waals surface area contributed by atoms with Gasteiger partial charge in [-0.15, -0.1) is 0 Å². The Labute approximate surface area is 481 Å². The molecule has 0 bridgehead atoms. The quantitative estimate of drug-likeness (QED) is 0.121. The highest BCUT2D eigenvalue weighted by molar-refractivity contribution is 7.00. The van der Waals surface area contributed by atoms with Crippen LogP contribution in [0.5, 0.6) is 0 Å². The zero-order chi connectivity index (χ0) is 56.3. The van der Waals surface area contributed by atoms with E-state index in [4.69, 9.17) is 0 Å². The van der Waals surface area contributed by atoms with Gasteiger partial charge < -0.3 is 9.80 Å². The van der Waals surface area contributed by atoms with Crippen LogP contribution in [0.25, 0.3) is 66.1 Å². The number of hydrogen-bond donors (Lipinski definition) is 0. The van der Waals surface area contributed by atoms with Crippen molar-refractivity contribution >= 4 is 78.8 Å². The molecule has 2 heterocycles. The molecule has 0 aliphatic carbocycles. The first-order valence-electron chi connectivity index (χ1n) is 29.2. The van der Waals surface area contributed by atoms with Crippen LogP contribution in [-0.2, 0) is 21.7 Å². The fraction of sp³-hybridized carbons (Fsp3) is 0.205. The molecule has 398 valence electrons. The van der Waals surface area contributed by atoms with Crippen LogP contribution in [0.2, 0.25) is 0 Å². The van der Waals surface area contributed by atoms with Gasteiger partial charge in [-0.05, 0) is 193 Å². The number of rotatable bonds is 6. The standard InChI is InChI=1S/C78H73BN2/c1-75(2,3)56-36-38-68-66(48-56)79-67-49-57(76(4,5)6)37-39-69(67)81(61-30-20-15-21-31-61)71-46-54(45-70(74(71)79)80(68)60-28-18-14-19-29-60)52-40-51(53-43-58(77(7,8)9)47-59(44-53)78(10,11)12)41-55(42-52)73-64-34-24-22-32-62(64)72(50-26-16-13-17-27-50)63-33-23-25-35-65(63)73/h13-49H,1-12H3. The van der Waals surface area contributed by atoms with Gasteiger partial charge in [-0.3, -0.25) is 0 Å². The average Bonchev–Trinajstić information content (AvgIpc) is 3.61. The summed E-state index contributed by atoms with van der Waals surface area (Å²) in [5, 5.41) is 4.97. The van der Waals surface area contributed by atoms with Crippen molar-refractivity contribution < 1.29 is 0 Å². The molecule has 0 spiro atoms. The van der Waals surface area contributed by atoms with E-state index in [2.05, 4.69) is 317 Å². The SMILES string of the molecule is CC(C)(C)c1cc(-c2cc(-c3cc4c5c(c3)N(c3ccccc3)c3ccc(C(C)(C)C)cc3B5c3cc(C(C)(C)C)ccc3N4c3ccccc3)cc(-c3c4ccccc4c(-c4ccccc4)c4ccccc34)c2)cc(C(C)(C)C)c1. The topological polar surface area (TPSA) is 6.48 Å². The molecule has 0 fully saturated rings. The van der Waals surface area contributed by atoms with Gasteiger partial charge in [0.1, 0.15) is 0 Å². The van der Waals surface area contributed by atoms with Crippen molar-refractivity contribution in [3.63, 3.8) is 0 Å². The maximum absolute atomic E-state index is 2.57. The Hall–Kier alpha value is -8.40. The van der Waals surface area contributed by atoms with E-state index < -0.39 is 0 Å². The van der Waals surface area contributed by atoms with Crippen molar-refractivity contribution in [1.82, 2.24) is 0 Å². The second-order valence-corrected chi connectivity index (χ2v) is 27.1. The van der Waals surface area contributed by atoms with Gasteiger partial charge in [-0.25, -0.2) is 0 Å². The molecule has 11 aromatic rings. The third kappa shape index (κ3) is 9.07. The fourth-order valence-corrected chi connectivity index (χ4v) is 12.9. The van der Waals surface area contributed by atoms with Crippen LogP contribution in [0.4, 0.5) is 34.1 Å². The number of nitrogens with zero attached hydrogens (tertiary/aromatic N) is 2. The summed E-state index contributed by atoms with van der Waals surface area (Å²) in [5.74, 6) is 0. The van der Waals surface area contributed by atoms with E-state index in [1.165, 1.54) is 122 Å². The molecule has 3 heteroatoms. The summed E-state index contributed by atoms with van der Waals surface area (Å²) in [5.41, 5.74) is 25.9. The Morgan fingerprint density at radius 1 is 0.259 bits per heavy atom. The molecule has 0 N–H and O–H groups in total. The number of benzene rings is 11. The number of hydrogen-bond acceptors (Lipinski definition) is 2. The molecule has 0 radical (unpaired) electrons. The van der Waals surface area contributed by atoms with Crippen LogP contribution in [-0.4, -0.2) is 6.71 Å². The van der Waals surface area contributed by atoms with Gasteiger partial charge >= 0.3 is 0 Å². The first-order chi connectivity index (χ1) is 38.7. The van der Waals surface area contributed by atoms with Crippen LogP contribution in [0.3, 0.4) is 0 Å². The van der Waals surface area contributed by atoms with E-state index in [1.54, 1.807) is 0 Å². The first-order valence-corrected chi connectivity index (χ1v) is 29.2. The van der Waals surface area contributed by atoms with Crippen molar-refractivity contribution in [1.29, 1.82) is 0 Å². The summed E-state index contributed by atoms with van der Waals surface area (Å²) >= 11 is 0. The molecule has 0 saturated carbocycles. The molecule has 0 saturated heterocycles. The monoisotopic (exact) mass is 1050 g/mol. The highest BCUT2D eigenvalue weighted by Crippen LogP contribution is 2.50. The molecule has 81 heavy (non-hydrogen) atoms. The lowest BCUT2D eigenvalue weighted by Crippen LogP contribution is -2.61. The predicted molar refractivity (Wildman–Crippen MR) is 352 cm³/mol. The first kappa shape index (κ1) is 52.0. The molecule has 0 atom stereocenters. The average molecular weight is 1050 g/mol. The van der Waals surface area contributed by atoms with Crippen LogP contribution in [0.1, 0.15) is 105 Å². The second kappa shape index (κ2) is 19.1. The van der Waals surface area contributed by atoms with Crippen molar-refractivity contribution in [2.75, 3.05) is 9.80 Å². The Balaban J connectivity index is 1.17. The fourth-order valence-electron chi connectivity index (χ4n) is 12.9. The Morgan fingerprint density at radius 2 is 0.593 bits per heavy atom. The van der Waals surface area contributed by atoms with Gasteiger partial charge in [0, 0.05) is 34.1 Å². The summed E-state index contributed by atoms with van der Waals surface area (Å²) in [6.07, 6.45) is 0. The Bertz CT molecular complexity index is 4040. The minimum Gasteiger partial charge on any atom is -0.311 e. The van der Waals surface area contributed by atoms with E-state index in [9.17, 15) is 0 Å². The lowest BCUT2D eigenvalue weighted by atomic mass is 9.33. The zero-order valence-electron chi connectivity index (χ0n) is 49.3. The molecule has 2 aliphatic rings. The summed E-state index contributed by atoms with van der Waals surface area (Å²) in [4.78, 5) is 5.14. The second-order valence-electron chi connectivity index (χ2n) is 27.1. The molecule has 0 amide bonds. The van der Waals surface area contributed by atoms with Crippen LogP contribution in [0, 0.1) is 0 Å². The molecular formula is C78H73BN2. The normalized spacial score (nSPS) is 13.4. The largest absolute Gasteiger partial charge is 0.311 e. The predicted octanol–water partition coefficient (Wildman–Crippen LogP) is 19.9. The third-order valence-corrected chi connectivity index (χ3v) is 17.4. The number of fused-ring (bicyclic) bond motifs is 6. The van der Waals surface area contributed by atoms with Gasteiger partial charge in [0.25, 0.3) is 6.71 Å². The Kier molecular flexibility index (Phi) is 12.3. The van der Waals surface area contributed by atoms with Gasteiger partial charge in [0.15, 0.2) is 0 Å². The molecule has 2 nitrogen and oxygen atoms in total. The molecular weight excluding hydrogens is 976 g/mol. The number of para-hydroxylation sites is 2. The van der Waals surface area contributed by atoms with Gasteiger partial charge in [0.2, 0.25) is 0 Å². The van der Waals surface area contributed by atoms with Gasteiger partial charge in [0.05, 0.1) is 0 Å². The van der Waals surface area contributed by atoms with E-state index in [1.807, 2.05) is 0 Å². The lowest BCUT2D eigenvalue weighted by molar-refractivity contribution is 0.569.